The van der Waals surface area contributed by atoms with Crippen molar-refractivity contribution in [3.8, 4) is 0 Å². The zero-order chi connectivity index (χ0) is 10.4. The van der Waals surface area contributed by atoms with Crippen molar-refractivity contribution in [2.45, 2.75) is 26.9 Å². The molecule has 0 aliphatic carbocycles. The Morgan fingerprint density at radius 2 is 2.36 bits per heavy atom. The van der Waals surface area contributed by atoms with Crippen molar-refractivity contribution in [2.24, 2.45) is 5.92 Å². The van der Waals surface area contributed by atoms with Gasteiger partial charge in [0.05, 0.1) is 12.2 Å². The highest BCUT2D eigenvalue weighted by atomic mass is 19.1. The quantitative estimate of drug-likeness (QED) is 0.744. The van der Waals surface area contributed by atoms with Crippen LogP contribution in [0.3, 0.4) is 0 Å². The van der Waals surface area contributed by atoms with Gasteiger partial charge >= 0.3 is 0 Å². The van der Waals surface area contributed by atoms with E-state index in [1.54, 1.807) is 6.20 Å². The maximum absolute atomic E-state index is 11.9. The molecule has 0 saturated carbocycles. The average molecular weight is 200 g/mol. The number of hydrogen-bond acceptors (Lipinski definition) is 3. The van der Waals surface area contributed by atoms with Crippen LogP contribution in [0.25, 0.3) is 0 Å². The first-order valence-corrected chi connectivity index (χ1v) is 4.88. The van der Waals surface area contributed by atoms with Gasteiger partial charge < -0.3 is 5.32 Å². The maximum Gasteiger partial charge on any atom is 0.109 e. The molecule has 1 aromatic heterocycles. The standard InChI is InChI=1S/C9H17FN4/c1-8(2)5-11-6-9-7-14(4-3-10)13-12-9/h7-8,11H,3-6H2,1-2H3. The largest absolute Gasteiger partial charge is 0.311 e. The van der Waals surface area contributed by atoms with E-state index in [1.165, 1.54) is 4.68 Å². The summed E-state index contributed by atoms with van der Waals surface area (Å²) in [5, 5.41) is 11.0. The number of halogens is 1. The number of alkyl halides is 1. The van der Waals surface area contributed by atoms with Gasteiger partial charge in [0.25, 0.3) is 0 Å². The molecule has 1 rings (SSSR count). The van der Waals surface area contributed by atoms with Crippen molar-refractivity contribution in [1.82, 2.24) is 20.3 Å². The van der Waals surface area contributed by atoms with E-state index in [0.717, 1.165) is 12.2 Å². The minimum atomic E-state index is -0.401. The lowest BCUT2D eigenvalue weighted by molar-refractivity contribution is 0.422. The maximum atomic E-state index is 11.9. The van der Waals surface area contributed by atoms with Gasteiger partial charge in [0.15, 0.2) is 0 Å². The van der Waals surface area contributed by atoms with Gasteiger partial charge in [-0.25, -0.2) is 9.07 Å². The first kappa shape index (κ1) is 11.1. The van der Waals surface area contributed by atoms with E-state index in [2.05, 4.69) is 29.5 Å². The number of aromatic nitrogens is 3. The Hall–Kier alpha value is -0.970. The van der Waals surface area contributed by atoms with E-state index in [0.29, 0.717) is 12.5 Å². The molecule has 0 atom stereocenters. The van der Waals surface area contributed by atoms with Crippen molar-refractivity contribution in [2.75, 3.05) is 13.2 Å². The molecule has 0 aromatic carbocycles. The molecule has 0 unspecified atom stereocenters. The summed E-state index contributed by atoms with van der Waals surface area (Å²) in [7, 11) is 0. The SMILES string of the molecule is CC(C)CNCc1cn(CCF)nn1. The lowest BCUT2D eigenvalue weighted by Gasteiger charge is -2.04. The molecule has 0 fully saturated rings. The zero-order valence-corrected chi connectivity index (χ0v) is 8.70. The Labute approximate surface area is 83.5 Å². The topological polar surface area (TPSA) is 42.7 Å². The molecular weight excluding hydrogens is 183 g/mol. The molecule has 4 nitrogen and oxygen atoms in total. The van der Waals surface area contributed by atoms with Crippen molar-refractivity contribution in [3.63, 3.8) is 0 Å². The highest BCUT2D eigenvalue weighted by molar-refractivity contribution is 4.91. The first-order valence-electron chi connectivity index (χ1n) is 4.88. The third-order valence-electron chi connectivity index (χ3n) is 1.76. The summed E-state index contributed by atoms with van der Waals surface area (Å²) in [5.41, 5.74) is 0.860. The number of aryl methyl sites for hydroxylation is 1. The molecule has 0 spiro atoms. The summed E-state index contributed by atoms with van der Waals surface area (Å²) in [5.74, 6) is 0.621. The number of nitrogens with zero attached hydrogens (tertiary/aromatic N) is 3. The Balaban J connectivity index is 2.28. The average Bonchev–Trinajstić information content (AvgIpc) is 2.53. The van der Waals surface area contributed by atoms with Crippen molar-refractivity contribution in [1.29, 1.82) is 0 Å². The van der Waals surface area contributed by atoms with Crippen LogP contribution >= 0.6 is 0 Å². The Bertz CT molecular complexity index is 259. The summed E-state index contributed by atoms with van der Waals surface area (Å²) in [6.45, 7) is 5.83. The molecular formula is C9H17FN4. The van der Waals surface area contributed by atoms with E-state index in [9.17, 15) is 4.39 Å². The fourth-order valence-electron chi connectivity index (χ4n) is 1.10. The predicted octanol–water partition coefficient (Wildman–Crippen LogP) is 0.993. The minimum Gasteiger partial charge on any atom is -0.311 e. The smallest absolute Gasteiger partial charge is 0.109 e. The molecule has 80 valence electrons. The molecule has 1 aromatic rings. The van der Waals surface area contributed by atoms with E-state index in [1.807, 2.05) is 0 Å². The fourth-order valence-corrected chi connectivity index (χ4v) is 1.10. The second kappa shape index (κ2) is 5.70. The lowest BCUT2D eigenvalue weighted by Crippen LogP contribution is -2.19. The zero-order valence-electron chi connectivity index (χ0n) is 8.70. The van der Waals surface area contributed by atoms with Gasteiger partial charge in [0.1, 0.15) is 6.67 Å². The summed E-state index contributed by atoms with van der Waals surface area (Å²) in [6.07, 6.45) is 1.77. The van der Waals surface area contributed by atoms with Gasteiger partial charge in [-0.05, 0) is 12.5 Å². The molecule has 0 saturated heterocycles. The highest BCUT2D eigenvalue weighted by Crippen LogP contribution is 1.94. The van der Waals surface area contributed by atoms with E-state index < -0.39 is 6.67 Å². The molecule has 0 radical (unpaired) electrons. The Morgan fingerprint density at radius 1 is 1.57 bits per heavy atom. The Kier molecular flexibility index (Phi) is 4.52. The Morgan fingerprint density at radius 3 is 3.00 bits per heavy atom. The monoisotopic (exact) mass is 200 g/mol. The summed E-state index contributed by atoms with van der Waals surface area (Å²) in [4.78, 5) is 0. The minimum absolute atomic E-state index is 0.289. The second-order valence-electron chi connectivity index (χ2n) is 3.69. The molecule has 0 aliphatic rings. The molecule has 0 bridgehead atoms. The number of rotatable bonds is 6. The van der Waals surface area contributed by atoms with Gasteiger partial charge in [0, 0.05) is 12.7 Å². The summed E-state index contributed by atoms with van der Waals surface area (Å²) in [6, 6.07) is 0. The molecule has 0 amide bonds. The van der Waals surface area contributed by atoms with Crippen molar-refractivity contribution >= 4 is 0 Å². The number of nitrogens with one attached hydrogen (secondary N) is 1. The van der Waals surface area contributed by atoms with Crippen molar-refractivity contribution in [3.05, 3.63) is 11.9 Å². The van der Waals surface area contributed by atoms with Crippen LogP contribution in [0.1, 0.15) is 19.5 Å². The van der Waals surface area contributed by atoms with Crippen LogP contribution in [0.15, 0.2) is 6.20 Å². The highest BCUT2D eigenvalue weighted by Gasteiger charge is 2.00. The van der Waals surface area contributed by atoms with Crippen LogP contribution in [-0.4, -0.2) is 28.2 Å². The van der Waals surface area contributed by atoms with Gasteiger partial charge in [-0.1, -0.05) is 19.1 Å². The van der Waals surface area contributed by atoms with Crippen molar-refractivity contribution < 1.29 is 4.39 Å². The third kappa shape index (κ3) is 3.83. The van der Waals surface area contributed by atoms with Crippen LogP contribution in [0.5, 0.6) is 0 Å². The summed E-state index contributed by atoms with van der Waals surface area (Å²) < 4.78 is 13.5. The van der Waals surface area contributed by atoms with Crippen LogP contribution in [-0.2, 0) is 13.1 Å². The molecule has 1 N–H and O–H groups in total. The molecule has 14 heavy (non-hydrogen) atoms. The fraction of sp³-hybridized carbons (Fsp3) is 0.778. The molecule has 5 heteroatoms. The van der Waals surface area contributed by atoms with Gasteiger partial charge in [-0.15, -0.1) is 5.10 Å². The summed E-state index contributed by atoms with van der Waals surface area (Å²) >= 11 is 0. The van der Waals surface area contributed by atoms with Crippen LogP contribution < -0.4 is 5.32 Å². The first-order chi connectivity index (χ1) is 6.72. The van der Waals surface area contributed by atoms with Crippen LogP contribution in [0.4, 0.5) is 4.39 Å². The predicted molar refractivity (Wildman–Crippen MR) is 52.5 cm³/mol. The van der Waals surface area contributed by atoms with Crippen LogP contribution in [0.2, 0.25) is 0 Å². The third-order valence-corrected chi connectivity index (χ3v) is 1.76. The van der Waals surface area contributed by atoms with E-state index >= 15 is 0 Å². The second-order valence-corrected chi connectivity index (χ2v) is 3.69. The molecule has 1 heterocycles. The molecule has 0 aliphatic heterocycles. The van der Waals surface area contributed by atoms with Gasteiger partial charge in [0.2, 0.25) is 0 Å². The number of hydrogen-bond donors (Lipinski definition) is 1. The van der Waals surface area contributed by atoms with Gasteiger partial charge in [-0.3, -0.25) is 0 Å². The van der Waals surface area contributed by atoms with Gasteiger partial charge in [-0.2, -0.15) is 0 Å². The normalized spacial score (nSPS) is 11.1. The van der Waals surface area contributed by atoms with E-state index in [4.69, 9.17) is 0 Å². The van der Waals surface area contributed by atoms with E-state index in [-0.39, 0.29) is 6.54 Å². The van der Waals surface area contributed by atoms with Crippen LogP contribution in [0, 0.1) is 5.92 Å². The lowest BCUT2D eigenvalue weighted by atomic mass is 10.2.